The van der Waals surface area contributed by atoms with Crippen LogP contribution in [0.3, 0.4) is 0 Å². The minimum Gasteiger partial charge on any atom is -0.486 e. The summed E-state index contributed by atoms with van der Waals surface area (Å²) < 4.78 is 56.0. The zero-order valence-corrected chi connectivity index (χ0v) is 23.4. The van der Waals surface area contributed by atoms with Gasteiger partial charge < -0.3 is 14.4 Å². The first kappa shape index (κ1) is 23.4. The van der Waals surface area contributed by atoms with E-state index in [0.29, 0.717) is 11.1 Å². The van der Waals surface area contributed by atoms with E-state index in [-0.39, 0.29) is 47.0 Å². The Labute approximate surface area is 250 Å². The minimum atomic E-state index is -2.76. The molecule has 0 amide bonds. The van der Waals surface area contributed by atoms with Crippen molar-refractivity contribution in [3.8, 4) is 11.5 Å². The molecule has 3 heterocycles. The van der Waals surface area contributed by atoms with Crippen molar-refractivity contribution in [3.05, 3.63) is 100 Å². The Morgan fingerprint density at radius 2 is 1.55 bits per heavy atom. The van der Waals surface area contributed by atoms with Gasteiger partial charge in [0.1, 0.15) is 18.9 Å². The van der Waals surface area contributed by atoms with Crippen molar-refractivity contribution < 1.29 is 28.9 Å². The van der Waals surface area contributed by atoms with Gasteiger partial charge in [0.25, 0.3) is 0 Å². The van der Waals surface area contributed by atoms with Gasteiger partial charge in [-0.05, 0) is 66.2 Å². The number of carbonyl (C=O) groups is 2. The number of ketones is 2. The SMILES string of the molecule is [2H]C1([2H])Oc2ccc(C(=O)Cc3ccc(F)c(CC(=O)c4ccc5nc(CN6CCN(CC)CC6)ccc5c4)c3)cc2OC1([2H])[2H]. The molecule has 0 atom stereocenters. The molecule has 2 aliphatic heterocycles. The van der Waals surface area contributed by atoms with E-state index in [9.17, 15) is 14.0 Å². The second-order valence-electron chi connectivity index (χ2n) is 10.6. The molecule has 0 spiro atoms. The fraction of sp³-hybridized carbons (Fsp3) is 0.324. The molecule has 0 aliphatic carbocycles. The van der Waals surface area contributed by atoms with Crippen LogP contribution in [0, 0.1) is 5.82 Å². The highest BCUT2D eigenvalue weighted by molar-refractivity contribution is 6.01. The van der Waals surface area contributed by atoms with Crippen molar-refractivity contribution >= 4 is 22.5 Å². The topological polar surface area (TPSA) is 72.0 Å². The molecular formula is C34H34FN3O4. The molecule has 7 nitrogen and oxygen atoms in total. The molecule has 4 aromatic rings. The molecule has 6 rings (SSSR count). The number of hydrogen-bond acceptors (Lipinski definition) is 7. The summed E-state index contributed by atoms with van der Waals surface area (Å²) in [6.45, 7) is 2.68. The van der Waals surface area contributed by atoms with Gasteiger partial charge in [-0.3, -0.25) is 19.5 Å². The number of carbonyl (C=O) groups excluding carboxylic acids is 2. The quantitative estimate of drug-likeness (QED) is 0.258. The Hall–Kier alpha value is -4.14. The zero-order chi connectivity index (χ0) is 32.6. The highest BCUT2D eigenvalue weighted by Gasteiger charge is 2.18. The fourth-order valence-corrected chi connectivity index (χ4v) is 5.36. The fourth-order valence-electron chi connectivity index (χ4n) is 5.36. The number of fused-ring (bicyclic) bond motifs is 2. The van der Waals surface area contributed by atoms with Crippen molar-refractivity contribution in [2.24, 2.45) is 0 Å². The van der Waals surface area contributed by atoms with Gasteiger partial charge >= 0.3 is 0 Å². The molecule has 1 aromatic heterocycles. The molecule has 1 saturated heterocycles. The van der Waals surface area contributed by atoms with Gasteiger partial charge in [-0.2, -0.15) is 0 Å². The summed E-state index contributed by atoms with van der Waals surface area (Å²) in [6, 6.07) is 17.5. The predicted octanol–water partition coefficient (Wildman–Crippen LogP) is 5.13. The monoisotopic (exact) mass is 571 g/mol. The molecule has 0 radical (unpaired) electrons. The van der Waals surface area contributed by atoms with E-state index in [0.717, 1.165) is 55.9 Å². The lowest BCUT2D eigenvalue weighted by atomic mass is 9.97. The van der Waals surface area contributed by atoms with Gasteiger partial charge in [0.2, 0.25) is 0 Å². The normalized spacial score (nSPS) is 19.4. The molecule has 0 bridgehead atoms. The molecular weight excluding hydrogens is 533 g/mol. The number of ether oxygens (including phenoxy) is 2. The van der Waals surface area contributed by atoms with E-state index in [1.54, 1.807) is 12.1 Å². The molecule has 8 heteroatoms. The van der Waals surface area contributed by atoms with Gasteiger partial charge in [0, 0.05) is 62.1 Å². The van der Waals surface area contributed by atoms with Gasteiger partial charge in [-0.15, -0.1) is 0 Å². The van der Waals surface area contributed by atoms with Crippen LogP contribution >= 0.6 is 0 Å². The zero-order valence-electron chi connectivity index (χ0n) is 27.4. The summed E-state index contributed by atoms with van der Waals surface area (Å²) in [5.74, 6) is -1.28. The highest BCUT2D eigenvalue weighted by Crippen LogP contribution is 2.31. The third-order valence-electron chi connectivity index (χ3n) is 7.82. The van der Waals surface area contributed by atoms with Crippen molar-refractivity contribution in [1.82, 2.24) is 14.8 Å². The van der Waals surface area contributed by atoms with Gasteiger partial charge in [-0.25, -0.2) is 4.39 Å². The van der Waals surface area contributed by atoms with Gasteiger partial charge in [0.05, 0.1) is 16.7 Å². The molecule has 2 aliphatic rings. The number of halogens is 1. The maximum Gasteiger partial charge on any atom is 0.167 e. The Kier molecular flexibility index (Phi) is 6.91. The van der Waals surface area contributed by atoms with Crippen molar-refractivity contribution in [2.45, 2.75) is 26.3 Å². The molecule has 0 unspecified atom stereocenters. The second-order valence-corrected chi connectivity index (χ2v) is 10.6. The van der Waals surface area contributed by atoms with E-state index >= 15 is 0 Å². The lowest BCUT2D eigenvalue weighted by molar-refractivity contribution is 0.0985. The summed E-state index contributed by atoms with van der Waals surface area (Å²) in [4.78, 5) is 35.9. The molecule has 0 saturated carbocycles. The number of aromatic nitrogens is 1. The predicted molar refractivity (Wildman–Crippen MR) is 159 cm³/mol. The maximum absolute atomic E-state index is 14.8. The van der Waals surface area contributed by atoms with Crippen LogP contribution in [-0.4, -0.2) is 72.2 Å². The lowest BCUT2D eigenvalue weighted by Crippen LogP contribution is -2.45. The number of Topliss-reactive ketones (excluding diaryl/α,β-unsaturated/α-hetero) is 2. The van der Waals surface area contributed by atoms with E-state index in [4.69, 9.17) is 19.9 Å². The average Bonchev–Trinajstić information content (AvgIpc) is 3.02. The average molecular weight is 572 g/mol. The first-order valence-electron chi connectivity index (χ1n) is 16.1. The standard InChI is InChI=1S/C34H34FN3O4/c1-2-37-11-13-38(14-12-37)22-28-7-4-24-19-25(5-9-30(24)36-28)32(40)20-27-17-23(3-8-29(27)35)18-31(39)26-6-10-33-34(21-26)42-16-15-41-33/h3-10,17,19,21H,2,11-16,18,20,22H2,1H3/i15D2,16D2. The number of likely N-dealkylation sites (N-methyl/N-ethyl adjacent to an activating group) is 1. The number of piperazine rings is 1. The number of rotatable bonds is 9. The summed E-state index contributed by atoms with van der Waals surface area (Å²) in [7, 11) is 0. The number of pyridine rings is 1. The Balaban J connectivity index is 1.11. The Morgan fingerprint density at radius 3 is 2.36 bits per heavy atom. The third kappa shape index (κ3) is 6.35. The van der Waals surface area contributed by atoms with E-state index in [1.807, 2.05) is 18.2 Å². The van der Waals surface area contributed by atoms with Crippen LogP contribution in [0.2, 0.25) is 0 Å². The van der Waals surface area contributed by atoms with Crippen LogP contribution < -0.4 is 9.47 Å². The van der Waals surface area contributed by atoms with Crippen molar-refractivity contribution in [2.75, 3.05) is 45.8 Å². The minimum absolute atomic E-state index is 0.0229. The van der Waals surface area contributed by atoms with Crippen LogP contribution in [0.1, 0.15) is 49.9 Å². The lowest BCUT2D eigenvalue weighted by Gasteiger charge is -2.33. The van der Waals surface area contributed by atoms with Crippen molar-refractivity contribution in [1.29, 1.82) is 0 Å². The van der Waals surface area contributed by atoms with Crippen molar-refractivity contribution in [3.63, 3.8) is 0 Å². The number of benzene rings is 3. The summed E-state index contributed by atoms with van der Waals surface area (Å²) in [5.41, 5.74) is 3.08. The van der Waals surface area contributed by atoms with Gasteiger partial charge in [0.15, 0.2) is 23.1 Å². The van der Waals surface area contributed by atoms with E-state index in [2.05, 4.69) is 16.7 Å². The van der Waals surface area contributed by atoms with Crippen LogP contribution in [-0.2, 0) is 19.4 Å². The molecule has 1 fully saturated rings. The highest BCUT2D eigenvalue weighted by atomic mass is 19.1. The summed E-state index contributed by atoms with van der Waals surface area (Å²) >= 11 is 0. The molecule has 216 valence electrons. The summed E-state index contributed by atoms with van der Waals surface area (Å²) in [6.07, 6.45) is -0.289. The third-order valence-corrected chi connectivity index (χ3v) is 7.82. The number of nitrogens with zero attached hydrogens (tertiary/aromatic N) is 3. The smallest absolute Gasteiger partial charge is 0.167 e. The van der Waals surface area contributed by atoms with E-state index < -0.39 is 18.9 Å². The molecule has 42 heavy (non-hydrogen) atoms. The van der Waals surface area contributed by atoms with Gasteiger partial charge in [-0.1, -0.05) is 25.1 Å². The maximum atomic E-state index is 14.8. The summed E-state index contributed by atoms with van der Waals surface area (Å²) in [5, 5.41) is 0.828. The Bertz CT molecular complexity index is 1810. The number of hydrogen-bond donors (Lipinski definition) is 0. The van der Waals surface area contributed by atoms with Crippen LogP contribution in [0.25, 0.3) is 10.9 Å². The second kappa shape index (κ2) is 12.4. The van der Waals surface area contributed by atoms with Crippen LogP contribution in [0.5, 0.6) is 11.5 Å². The first-order valence-corrected chi connectivity index (χ1v) is 14.1. The first-order chi connectivity index (χ1) is 21.9. The van der Waals surface area contributed by atoms with Crippen LogP contribution in [0.15, 0.2) is 66.7 Å². The van der Waals surface area contributed by atoms with Crippen LogP contribution in [0.4, 0.5) is 4.39 Å². The largest absolute Gasteiger partial charge is 0.486 e. The Morgan fingerprint density at radius 1 is 0.833 bits per heavy atom. The van der Waals surface area contributed by atoms with E-state index in [1.165, 1.54) is 36.4 Å². The molecule has 0 N–H and O–H groups in total. The molecule has 3 aromatic carbocycles.